The van der Waals surface area contributed by atoms with Crippen LogP contribution in [-0.2, 0) is 0 Å². The third-order valence-corrected chi connectivity index (χ3v) is 2.31. The van der Waals surface area contributed by atoms with E-state index in [0.717, 1.165) is 5.52 Å². The van der Waals surface area contributed by atoms with E-state index < -0.39 is 0 Å². The van der Waals surface area contributed by atoms with E-state index in [4.69, 9.17) is 0 Å². The fourth-order valence-electron chi connectivity index (χ4n) is 1.67. The third kappa shape index (κ3) is 0.855. The van der Waals surface area contributed by atoms with Gasteiger partial charge in [0.2, 0.25) is 0 Å². The number of nitrogens with zero attached hydrogens (tertiary/aromatic N) is 1. The summed E-state index contributed by atoms with van der Waals surface area (Å²) in [6.07, 6.45) is 5.88. The predicted molar refractivity (Wildman–Crippen MR) is 54.7 cm³/mol. The van der Waals surface area contributed by atoms with Crippen molar-refractivity contribution in [1.82, 2.24) is 9.97 Å². The van der Waals surface area contributed by atoms with E-state index >= 15 is 0 Å². The number of hydrogen-bond donors (Lipinski definition) is 1. The van der Waals surface area contributed by atoms with Gasteiger partial charge in [-0.05, 0) is 6.07 Å². The van der Waals surface area contributed by atoms with Gasteiger partial charge < -0.3 is 4.98 Å². The number of hydrogen-bond acceptors (Lipinski definition) is 1. The molecule has 0 aliphatic rings. The van der Waals surface area contributed by atoms with Crippen LogP contribution in [0, 0.1) is 0 Å². The van der Waals surface area contributed by atoms with Gasteiger partial charge in [-0.2, -0.15) is 0 Å². The number of pyridine rings is 1. The Hall–Kier alpha value is -1.83. The van der Waals surface area contributed by atoms with Crippen molar-refractivity contribution < 1.29 is 1.43 Å². The normalized spacial score (nSPS) is 11.1. The quantitative estimate of drug-likeness (QED) is 0.550. The van der Waals surface area contributed by atoms with Crippen molar-refractivity contribution in [2.75, 3.05) is 0 Å². The summed E-state index contributed by atoms with van der Waals surface area (Å²) in [7, 11) is 0. The first-order valence-electron chi connectivity index (χ1n) is 4.25. The van der Waals surface area contributed by atoms with E-state index in [1.54, 1.807) is 0 Å². The van der Waals surface area contributed by atoms with Crippen LogP contribution in [0.4, 0.5) is 0 Å². The number of benzene rings is 1. The molecule has 2 aromatic heterocycles. The Kier molecular flexibility index (Phi) is 1.19. The molecular formula is C11H9N2+. The van der Waals surface area contributed by atoms with Gasteiger partial charge in [0.25, 0.3) is 0 Å². The number of nitrogens with one attached hydrogen (secondary N) is 1. The molecule has 0 saturated heterocycles. The molecule has 0 aliphatic heterocycles. The minimum absolute atomic E-state index is 0. The monoisotopic (exact) mass is 169 g/mol. The van der Waals surface area contributed by atoms with Crippen molar-refractivity contribution in [3.8, 4) is 0 Å². The lowest BCUT2D eigenvalue weighted by Crippen LogP contribution is -1.76. The molecule has 0 fully saturated rings. The maximum atomic E-state index is 4.36. The van der Waals surface area contributed by atoms with E-state index in [0.29, 0.717) is 0 Å². The molecule has 0 atom stereocenters. The van der Waals surface area contributed by atoms with Crippen molar-refractivity contribution in [3.05, 3.63) is 42.9 Å². The second-order valence-electron chi connectivity index (χ2n) is 3.10. The first-order valence-corrected chi connectivity index (χ1v) is 4.25. The molecule has 1 N–H and O–H groups in total. The Balaban J connectivity index is 0.000000750. The molecular weight excluding hydrogens is 160 g/mol. The molecule has 0 spiro atoms. The van der Waals surface area contributed by atoms with Crippen LogP contribution in [-0.4, -0.2) is 9.97 Å². The highest BCUT2D eigenvalue weighted by molar-refractivity contribution is 6.04. The lowest BCUT2D eigenvalue weighted by atomic mass is 10.1. The lowest BCUT2D eigenvalue weighted by Gasteiger charge is -1.96. The van der Waals surface area contributed by atoms with Crippen LogP contribution in [0.15, 0.2) is 42.9 Å². The number of aromatic nitrogens is 2. The zero-order chi connectivity index (χ0) is 8.67. The predicted octanol–water partition coefficient (Wildman–Crippen LogP) is 2.83. The molecule has 2 heterocycles. The van der Waals surface area contributed by atoms with Crippen LogP contribution in [0.1, 0.15) is 1.43 Å². The van der Waals surface area contributed by atoms with Gasteiger partial charge in [-0.25, -0.2) is 0 Å². The van der Waals surface area contributed by atoms with E-state index in [-0.39, 0.29) is 1.43 Å². The van der Waals surface area contributed by atoms with E-state index in [9.17, 15) is 0 Å². The highest BCUT2D eigenvalue weighted by atomic mass is 14.7. The SMILES string of the molecule is [H+].c1ccc2c(c1)ncc1c[nH]cc12. The first-order chi connectivity index (χ1) is 6.45. The van der Waals surface area contributed by atoms with Gasteiger partial charge >= 0.3 is 1.43 Å². The van der Waals surface area contributed by atoms with Gasteiger partial charge in [0, 0.05) is 34.7 Å². The van der Waals surface area contributed by atoms with Crippen molar-refractivity contribution >= 4 is 21.7 Å². The topological polar surface area (TPSA) is 28.7 Å². The second-order valence-corrected chi connectivity index (χ2v) is 3.10. The van der Waals surface area contributed by atoms with Gasteiger partial charge in [-0.3, -0.25) is 4.98 Å². The van der Waals surface area contributed by atoms with E-state index in [1.165, 1.54) is 16.2 Å². The Labute approximate surface area is 76.7 Å². The Morgan fingerprint density at radius 3 is 3.00 bits per heavy atom. The Morgan fingerprint density at radius 2 is 2.00 bits per heavy atom. The summed E-state index contributed by atoms with van der Waals surface area (Å²) in [4.78, 5) is 7.45. The summed E-state index contributed by atoms with van der Waals surface area (Å²) in [5.74, 6) is 0. The Bertz CT molecular complexity index is 571. The smallest absolute Gasteiger partial charge is 0.366 e. The minimum Gasteiger partial charge on any atom is -0.366 e. The van der Waals surface area contributed by atoms with E-state index in [2.05, 4.69) is 16.0 Å². The van der Waals surface area contributed by atoms with Crippen molar-refractivity contribution in [1.29, 1.82) is 0 Å². The largest absolute Gasteiger partial charge is 1.00 e. The lowest BCUT2D eigenvalue weighted by molar-refractivity contribution is 1.42. The van der Waals surface area contributed by atoms with Crippen LogP contribution in [0.3, 0.4) is 0 Å². The van der Waals surface area contributed by atoms with Gasteiger partial charge in [0.1, 0.15) is 0 Å². The van der Waals surface area contributed by atoms with Gasteiger partial charge in [0.15, 0.2) is 0 Å². The molecule has 62 valence electrons. The molecule has 0 aliphatic carbocycles. The third-order valence-electron chi connectivity index (χ3n) is 2.31. The van der Waals surface area contributed by atoms with Crippen molar-refractivity contribution in [2.24, 2.45) is 0 Å². The molecule has 13 heavy (non-hydrogen) atoms. The minimum atomic E-state index is 0. The van der Waals surface area contributed by atoms with Gasteiger partial charge in [0.05, 0.1) is 5.52 Å². The molecule has 0 amide bonds. The molecule has 0 unspecified atom stereocenters. The maximum absolute atomic E-state index is 4.36. The zero-order valence-corrected chi connectivity index (χ0v) is 6.99. The number of H-pyrrole nitrogens is 1. The average molecular weight is 169 g/mol. The fourth-order valence-corrected chi connectivity index (χ4v) is 1.67. The summed E-state index contributed by atoms with van der Waals surface area (Å²) >= 11 is 0. The van der Waals surface area contributed by atoms with Crippen molar-refractivity contribution in [2.45, 2.75) is 0 Å². The van der Waals surface area contributed by atoms with Gasteiger partial charge in [-0.1, -0.05) is 18.2 Å². The van der Waals surface area contributed by atoms with Crippen LogP contribution in [0.5, 0.6) is 0 Å². The van der Waals surface area contributed by atoms with E-state index in [1.807, 2.05) is 36.8 Å². The summed E-state index contributed by atoms with van der Waals surface area (Å²) in [6.45, 7) is 0. The molecule has 1 aromatic carbocycles. The highest BCUT2D eigenvalue weighted by Gasteiger charge is 1.99. The number of rotatable bonds is 0. The zero-order valence-electron chi connectivity index (χ0n) is 7.99. The van der Waals surface area contributed by atoms with Crippen LogP contribution in [0.2, 0.25) is 0 Å². The number of para-hydroxylation sites is 1. The number of fused-ring (bicyclic) bond motifs is 3. The van der Waals surface area contributed by atoms with Crippen LogP contribution < -0.4 is 0 Å². The van der Waals surface area contributed by atoms with Gasteiger partial charge in [-0.15, -0.1) is 0 Å². The standard InChI is InChI=1S/C11H8N2/c1-2-4-11-9(3-1)10-7-12-5-8(10)6-13-11/h1-7,12H/p+1. The fraction of sp³-hybridized carbons (Fsp3) is 0. The first kappa shape index (κ1) is 6.66. The molecule has 0 saturated carbocycles. The molecule has 2 nitrogen and oxygen atoms in total. The highest BCUT2D eigenvalue weighted by Crippen LogP contribution is 2.22. The summed E-state index contributed by atoms with van der Waals surface area (Å²) < 4.78 is 0. The summed E-state index contributed by atoms with van der Waals surface area (Å²) in [5.41, 5.74) is 1.05. The summed E-state index contributed by atoms with van der Waals surface area (Å²) in [6, 6.07) is 8.17. The molecule has 3 aromatic rings. The molecule has 0 radical (unpaired) electrons. The number of aromatic amines is 1. The molecule has 2 heteroatoms. The van der Waals surface area contributed by atoms with Crippen LogP contribution in [0.25, 0.3) is 21.7 Å². The Morgan fingerprint density at radius 1 is 1.08 bits per heavy atom. The molecule has 3 rings (SSSR count). The molecule has 0 bridgehead atoms. The van der Waals surface area contributed by atoms with Crippen LogP contribution >= 0.6 is 0 Å². The van der Waals surface area contributed by atoms with Crippen molar-refractivity contribution in [3.63, 3.8) is 0 Å². The second kappa shape index (κ2) is 2.33. The maximum Gasteiger partial charge on any atom is 1.00 e. The summed E-state index contributed by atoms with van der Waals surface area (Å²) in [5, 5.41) is 3.62. The average Bonchev–Trinajstić information content (AvgIpc) is 2.65.